The first-order valence-corrected chi connectivity index (χ1v) is 10.3. The predicted octanol–water partition coefficient (Wildman–Crippen LogP) is 4.04. The van der Waals surface area contributed by atoms with E-state index in [0.717, 1.165) is 26.4 Å². The number of nitrogens with zero attached hydrogens (tertiary/aromatic N) is 2. The highest BCUT2D eigenvalue weighted by Gasteiger charge is 2.14. The molecule has 0 saturated heterocycles. The highest BCUT2D eigenvalue weighted by molar-refractivity contribution is 7.99. The molecule has 0 N–H and O–H groups in total. The maximum absolute atomic E-state index is 12.9. The fourth-order valence-corrected chi connectivity index (χ4v) is 4.61. The highest BCUT2D eigenvalue weighted by Crippen LogP contribution is 2.23. The Kier molecular flexibility index (Phi) is 6.13. The Hall–Kier alpha value is -2.38. The third-order valence-electron chi connectivity index (χ3n) is 3.97. The number of hydrogen-bond acceptors (Lipinski definition) is 5. The average molecular weight is 401 g/mol. The lowest BCUT2D eigenvalue weighted by molar-refractivity contribution is -0.141. The van der Waals surface area contributed by atoms with Crippen LogP contribution in [0.1, 0.15) is 22.8 Å². The molecule has 0 radical (unpaired) electrons. The van der Waals surface area contributed by atoms with Gasteiger partial charge in [-0.1, -0.05) is 36.5 Å². The van der Waals surface area contributed by atoms with Crippen LogP contribution in [-0.2, 0) is 16.1 Å². The molecule has 27 heavy (non-hydrogen) atoms. The summed E-state index contributed by atoms with van der Waals surface area (Å²) in [5, 5.41) is 0. The smallest absolute Gasteiger partial charge is 0.325 e. The van der Waals surface area contributed by atoms with Crippen molar-refractivity contribution in [3.8, 4) is 0 Å². The summed E-state index contributed by atoms with van der Waals surface area (Å²) in [5.74, 6) is 0.175. The molecule has 0 spiro atoms. The van der Waals surface area contributed by atoms with Gasteiger partial charge in [0.2, 0.25) is 0 Å². The van der Waals surface area contributed by atoms with Crippen molar-refractivity contribution in [2.75, 3.05) is 12.9 Å². The van der Waals surface area contributed by atoms with E-state index in [1.807, 2.05) is 50.2 Å². The summed E-state index contributed by atoms with van der Waals surface area (Å²) in [5.41, 5.74) is 2.54. The van der Waals surface area contributed by atoms with Crippen LogP contribution in [0.4, 0.5) is 0 Å². The third kappa shape index (κ3) is 4.31. The number of hydrogen-bond donors (Lipinski definition) is 0. The van der Waals surface area contributed by atoms with Gasteiger partial charge in [-0.2, -0.15) is 4.99 Å². The van der Waals surface area contributed by atoms with Crippen molar-refractivity contribution in [3.05, 3.63) is 58.4 Å². The van der Waals surface area contributed by atoms with Crippen molar-refractivity contribution in [1.82, 2.24) is 4.57 Å². The lowest BCUT2D eigenvalue weighted by atomic mass is 10.2. The van der Waals surface area contributed by atoms with Crippen molar-refractivity contribution in [1.29, 1.82) is 0 Å². The van der Waals surface area contributed by atoms with Crippen molar-refractivity contribution in [2.24, 2.45) is 4.99 Å². The summed E-state index contributed by atoms with van der Waals surface area (Å²) >= 11 is 3.00. The molecule has 1 aromatic heterocycles. The number of carbonyl (C=O) groups excluding carboxylic acids is 2. The molecule has 0 atom stereocenters. The number of rotatable bonds is 5. The van der Waals surface area contributed by atoms with Gasteiger partial charge in [0.05, 0.1) is 22.9 Å². The van der Waals surface area contributed by atoms with Gasteiger partial charge in [-0.05, 0) is 42.5 Å². The quantitative estimate of drug-likeness (QED) is 0.479. The molecule has 0 aliphatic carbocycles. The molecule has 1 heterocycles. The normalized spacial score (nSPS) is 11.7. The minimum Gasteiger partial charge on any atom is -0.468 e. The van der Waals surface area contributed by atoms with Gasteiger partial charge >= 0.3 is 5.97 Å². The third-order valence-corrected chi connectivity index (χ3v) is 5.96. The molecular weight excluding hydrogens is 380 g/mol. The van der Waals surface area contributed by atoms with E-state index in [-0.39, 0.29) is 18.4 Å². The SMILES string of the molecule is CCSc1ccccc1C(=O)N=c1sc2cc(C)ccc2n1CC(=O)OC. The van der Waals surface area contributed by atoms with E-state index in [1.165, 1.54) is 18.4 Å². The molecule has 0 bridgehead atoms. The van der Waals surface area contributed by atoms with Gasteiger partial charge in [-0.25, -0.2) is 0 Å². The number of carbonyl (C=O) groups is 2. The van der Waals surface area contributed by atoms with Crippen molar-refractivity contribution in [2.45, 2.75) is 25.3 Å². The number of aromatic nitrogens is 1. The number of fused-ring (bicyclic) bond motifs is 1. The standard InChI is InChI=1S/C20H20N2O3S2/c1-4-26-16-8-6-5-7-14(16)19(24)21-20-22(12-18(23)25-3)15-10-9-13(2)11-17(15)27-20/h5-11H,4,12H2,1-3H3. The minimum atomic E-state index is -0.383. The number of benzene rings is 2. The Morgan fingerprint density at radius 3 is 2.74 bits per heavy atom. The van der Waals surface area contributed by atoms with Crippen LogP contribution in [0.25, 0.3) is 10.2 Å². The zero-order valence-corrected chi connectivity index (χ0v) is 17.0. The van der Waals surface area contributed by atoms with Gasteiger partial charge in [0.25, 0.3) is 5.91 Å². The van der Waals surface area contributed by atoms with Crippen molar-refractivity contribution >= 4 is 45.2 Å². The van der Waals surface area contributed by atoms with Crippen LogP contribution in [0.2, 0.25) is 0 Å². The van der Waals surface area contributed by atoms with Crippen molar-refractivity contribution < 1.29 is 14.3 Å². The second-order valence-electron chi connectivity index (χ2n) is 5.86. The summed E-state index contributed by atoms with van der Waals surface area (Å²) in [4.78, 5) is 30.5. The minimum absolute atomic E-state index is 0.0109. The Balaban J connectivity index is 2.13. The second kappa shape index (κ2) is 8.54. The van der Waals surface area contributed by atoms with Crippen LogP contribution in [-0.4, -0.2) is 29.3 Å². The van der Waals surface area contributed by atoms with E-state index in [0.29, 0.717) is 10.4 Å². The van der Waals surface area contributed by atoms with Gasteiger partial charge in [-0.15, -0.1) is 11.8 Å². The molecule has 3 aromatic rings. The number of thioether (sulfide) groups is 1. The molecule has 0 aliphatic rings. The molecule has 0 saturated carbocycles. The zero-order valence-electron chi connectivity index (χ0n) is 15.4. The fraction of sp³-hybridized carbons (Fsp3) is 0.250. The maximum Gasteiger partial charge on any atom is 0.325 e. The Labute approximate surface area is 165 Å². The number of methoxy groups -OCH3 is 1. The fourth-order valence-electron chi connectivity index (χ4n) is 2.68. The van der Waals surface area contributed by atoms with Gasteiger partial charge in [-0.3, -0.25) is 9.59 Å². The molecule has 3 rings (SSSR count). The molecular formula is C20H20N2O3S2. The largest absolute Gasteiger partial charge is 0.468 e. The molecule has 0 fully saturated rings. The zero-order chi connectivity index (χ0) is 19.4. The Morgan fingerprint density at radius 2 is 2.00 bits per heavy atom. The number of aryl methyl sites for hydroxylation is 1. The summed E-state index contributed by atoms with van der Waals surface area (Å²) in [6, 6.07) is 13.4. The van der Waals surface area contributed by atoms with Crippen LogP contribution in [0.3, 0.4) is 0 Å². The predicted molar refractivity (Wildman–Crippen MR) is 109 cm³/mol. The van der Waals surface area contributed by atoms with Crippen molar-refractivity contribution in [3.63, 3.8) is 0 Å². The van der Waals surface area contributed by atoms with Crippen LogP contribution in [0.5, 0.6) is 0 Å². The summed E-state index contributed by atoms with van der Waals surface area (Å²) < 4.78 is 7.52. The van der Waals surface area contributed by atoms with Gasteiger partial charge in [0, 0.05) is 4.90 Å². The van der Waals surface area contributed by atoms with Crippen LogP contribution < -0.4 is 4.80 Å². The van der Waals surface area contributed by atoms with E-state index in [2.05, 4.69) is 4.99 Å². The lowest BCUT2D eigenvalue weighted by Gasteiger charge is -2.05. The van der Waals surface area contributed by atoms with E-state index in [1.54, 1.807) is 22.4 Å². The van der Waals surface area contributed by atoms with Gasteiger partial charge in [0.1, 0.15) is 6.54 Å². The Bertz CT molecular complexity index is 1070. The first-order chi connectivity index (χ1) is 13.0. The van der Waals surface area contributed by atoms with Gasteiger partial charge in [0.15, 0.2) is 4.80 Å². The molecule has 7 heteroatoms. The second-order valence-corrected chi connectivity index (χ2v) is 8.18. The van der Waals surface area contributed by atoms with Gasteiger partial charge < -0.3 is 9.30 Å². The van der Waals surface area contributed by atoms with E-state index in [9.17, 15) is 9.59 Å². The van der Waals surface area contributed by atoms with Crippen LogP contribution >= 0.6 is 23.1 Å². The highest BCUT2D eigenvalue weighted by atomic mass is 32.2. The summed E-state index contributed by atoms with van der Waals surface area (Å²) in [7, 11) is 1.35. The van der Waals surface area contributed by atoms with Crippen LogP contribution in [0.15, 0.2) is 52.4 Å². The maximum atomic E-state index is 12.9. The van der Waals surface area contributed by atoms with E-state index in [4.69, 9.17) is 4.74 Å². The molecule has 5 nitrogen and oxygen atoms in total. The summed E-state index contributed by atoms with van der Waals surface area (Å²) in [6.07, 6.45) is 0. The molecule has 0 aliphatic heterocycles. The van der Waals surface area contributed by atoms with E-state index >= 15 is 0 Å². The first kappa shape index (κ1) is 19.4. The monoisotopic (exact) mass is 400 g/mol. The molecule has 0 unspecified atom stereocenters. The average Bonchev–Trinajstić information content (AvgIpc) is 2.98. The number of thiazole rings is 1. The first-order valence-electron chi connectivity index (χ1n) is 8.51. The molecule has 1 amide bonds. The number of amides is 1. The number of ether oxygens (including phenoxy) is 1. The molecule has 140 valence electrons. The van der Waals surface area contributed by atoms with Crippen LogP contribution in [0, 0.1) is 6.92 Å². The molecule has 2 aromatic carbocycles. The van der Waals surface area contributed by atoms with E-state index < -0.39 is 0 Å². The summed E-state index contributed by atoms with van der Waals surface area (Å²) in [6.45, 7) is 4.06. The number of esters is 1. The topological polar surface area (TPSA) is 60.7 Å². The lowest BCUT2D eigenvalue weighted by Crippen LogP contribution is -2.22. The Morgan fingerprint density at radius 1 is 1.22 bits per heavy atom.